The molecule has 0 saturated heterocycles. The van der Waals surface area contributed by atoms with Gasteiger partial charge in [-0.1, -0.05) is 36.2 Å². The Morgan fingerprint density at radius 2 is 1.86 bits per heavy atom. The van der Waals surface area contributed by atoms with E-state index in [4.69, 9.17) is 11.6 Å². The van der Waals surface area contributed by atoms with Crippen LogP contribution in [0.25, 0.3) is 0 Å². The van der Waals surface area contributed by atoms with E-state index in [9.17, 15) is 9.18 Å². The summed E-state index contributed by atoms with van der Waals surface area (Å²) in [5.41, 5.74) is 1.95. The standard InChI is InChI=1S/C18H17ClFNO/c1-12-3-8-16(15(19)11-12)21-17(22)18(9-2-10-18)13-4-6-14(20)7-5-13/h3-8,11H,2,9-10H2,1H3,(H,21,22). The van der Waals surface area contributed by atoms with E-state index in [1.165, 1.54) is 12.1 Å². The van der Waals surface area contributed by atoms with Crippen molar-refractivity contribution >= 4 is 23.2 Å². The van der Waals surface area contributed by atoms with Crippen LogP contribution < -0.4 is 5.32 Å². The van der Waals surface area contributed by atoms with Gasteiger partial charge in [0.25, 0.3) is 0 Å². The zero-order valence-corrected chi connectivity index (χ0v) is 13.1. The lowest BCUT2D eigenvalue weighted by atomic mass is 9.64. The van der Waals surface area contributed by atoms with E-state index in [1.807, 2.05) is 25.1 Å². The van der Waals surface area contributed by atoms with E-state index in [0.29, 0.717) is 10.7 Å². The van der Waals surface area contributed by atoms with Crippen molar-refractivity contribution in [2.24, 2.45) is 0 Å². The fourth-order valence-electron chi connectivity index (χ4n) is 2.91. The van der Waals surface area contributed by atoms with Gasteiger partial charge in [-0.05, 0) is 55.2 Å². The summed E-state index contributed by atoms with van der Waals surface area (Å²) in [6.07, 6.45) is 2.54. The molecule has 1 amide bonds. The van der Waals surface area contributed by atoms with E-state index in [0.717, 1.165) is 30.4 Å². The number of amides is 1. The van der Waals surface area contributed by atoms with Gasteiger partial charge in [-0.25, -0.2) is 4.39 Å². The summed E-state index contributed by atoms with van der Waals surface area (Å²) < 4.78 is 13.1. The highest BCUT2D eigenvalue weighted by Crippen LogP contribution is 2.45. The van der Waals surface area contributed by atoms with Crippen molar-refractivity contribution in [1.82, 2.24) is 0 Å². The zero-order valence-electron chi connectivity index (χ0n) is 12.3. The second-order valence-electron chi connectivity index (χ2n) is 5.88. The Bertz CT molecular complexity index is 708. The number of hydrogen-bond donors (Lipinski definition) is 1. The Balaban J connectivity index is 1.87. The monoisotopic (exact) mass is 317 g/mol. The van der Waals surface area contributed by atoms with E-state index in [1.54, 1.807) is 12.1 Å². The first kappa shape index (κ1) is 15.0. The van der Waals surface area contributed by atoms with Crippen molar-refractivity contribution in [3.63, 3.8) is 0 Å². The maximum atomic E-state index is 13.1. The van der Waals surface area contributed by atoms with Crippen molar-refractivity contribution < 1.29 is 9.18 Å². The van der Waals surface area contributed by atoms with Crippen LogP contribution in [0, 0.1) is 12.7 Å². The summed E-state index contributed by atoms with van der Waals surface area (Å²) in [6, 6.07) is 11.8. The number of halogens is 2. The van der Waals surface area contributed by atoms with Gasteiger partial charge in [-0.15, -0.1) is 0 Å². The van der Waals surface area contributed by atoms with Crippen LogP contribution in [0.3, 0.4) is 0 Å². The molecule has 22 heavy (non-hydrogen) atoms. The second-order valence-corrected chi connectivity index (χ2v) is 6.29. The van der Waals surface area contributed by atoms with E-state index in [2.05, 4.69) is 5.32 Å². The Morgan fingerprint density at radius 3 is 2.41 bits per heavy atom. The molecule has 0 aliphatic heterocycles. The third-order valence-corrected chi connectivity index (χ3v) is 4.72. The van der Waals surface area contributed by atoms with Gasteiger partial charge in [0.2, 0.25) is 5.91 Å². The Labute approximate surface area is 134 Å². The first-order chi connectivity index (χ1) is 10.5. The van der Waals surface area contributed by atoms with Crippen LogP contribution in [0.15, 0.2) is 42.5 Å². The summed E-state index contributed by atoms with van der Waals surface area (Å²) >= 11 is 6.19. The molecule has 0 heterocycles. The molecule has 1 saturated carbocycles. The molecule has 0 atom stereocenters. The zero-order chi connectivity index (χ0) is 15.7. The predicted molar refractivity (Wildman–Crippen MR) is 86.7 cm³/mol. The van der Waals surface area contributed by atoms with Crippen molar-refractivity contribution in [1.29, 1.82) is 0 Å². The molecule has 0 radical (unpaired) electrons. The van der Waals surface area contributed by atoms with Crippen LogP contribution in [0.5, 0.6) is 0 Å². The molecular weight excluding hydrogens is 301 g/mol. The summed E-state index contributed by atoms with van der Waals surface area (Å²) in [5, 5.41) is 3.46. The van der Waals surface area contributed by atoms with Crippen LogP contribution in [0.4, 0.5) is 10.1 Å². The maximum absolute atomic E-state index is 13.1. The molecule has 3 rings (SSSR count). The molecule has 2 aromatic carbocycles. The number of hydrogen-bond acceptors (Lipinski definition) is 1. The number of carbonyl (C=O) groups excluding carboxylic acids is 1. The lowest BCUT2D eigenvalue weighted by Gasteiger charge is -2.40. The van der Waals surface area contributed by atoms with Crippen molar-refractivity contribution in [2.75, 3.05) is 5.32 Å². The molecule has 1 aliphatic carbocycles. The Morgan fingerprint density at radius 1 is 1.18 bits per heavy atom. The molecule has 0 bridgehead atoms. The minimum atomic E-state index is -0.568. The highest BCUT2D eigenvalue weighted by Gasteiger charge is 2.45. The summed E-state index contributed by atoms with van der Waals surface area (Å²) in [4.78, 5) is 12.8. The van der Waals surface area contributed by atoms with Crippen LogP contribution >= 0.6 is 11.6 Å². The third-order valence-electron chi connectivity index (χ3n) is 4.41. The molecule has 2 nitrogen and oxygen atoms in total. The van der Waals surface area contributed by atoms with Crippen LogP contribution in [0.2, 0.25) is 5.02 Å². The van der Waals surface area contributed by atoms with Gasteiger partial charge in [0.15, 0.2) is 0 Å². The minimum absolute atomic E-state index is 0.0730. The number of aryl methyl sites for hydroxylation is 1. The molecule has 1 fully saturated rings. The van der Waals surface area contributed by atoms with Crippen LogP contribution in [-0.4, -0.2) is 5.91 Å². The normalized spacial score (nSPS) is 16.0. The molecule has 0 aromatic heterocycles. The first-order valence-electron chi connectivity index (χ1n) is 7.35. The van der Waals surface area contributed by atoms with E-state index >= 15 is 0 Å². The number of benzene rings is 2. The lowest BCUT2D eigenvalue weighted by Crippen LogP contribution is -2.46. The minimum Gasteiger partial charge on any atom is -0.324 e. The highest BCUT2D eigenvalue weighted by atomic mass is 35.5. The average Bonchev–Trinajstić information content (AvgIpc) is 2.43. The van der Waals surface area contributed by atoms with Crippen LogP contribution in [0.1, 0.15) is 30.4 Å². The van der Waals surface area contributed by atoms with Gasteiger partial charge in [-0.3, -0.25) is 4.79 Å². The topological polar surface area (TPSA) is 29.1 Å². The van der Waals surface area contributed by atoms with Crippen molar-refractivity contribution in [3.05, 3.63) is 64.4 Å². The number of nitrogens with one attached hydrogen (secondary N) is 1. The predicted octanol–water partition coefficient (Wildman–Crippen LogP) is 4.85. The number of anilines is 1. The average molecular weight is 318 g/mol. The summed E-state index contributed by atoms with van der Waals surface area (Å²) in [7, 11) is 0. The third kappa shape index (κ3) is 2.61. The number of rotatable bonds is 3. The molecular formula is C18H17ClFNO. The van der Waals surface area contributed by atoms with Gasteiger partial charge in [0.05, 0.1) is 16.1 Å². The fraction of sp³-hybridized carbons (Fsp3) is 0.278. The molecule has 114 valence electrons. The quantitative estimate of drug-likeness (QED) is 0.861. The SMILES string of the molecule is Cc1ccc(NC(=O)C2(c3ccc(F)cc3)CCC2)c(Cl)c1. The van der Waals surface area contributed by atoms with Crippen LogP contribution in [-0.2, 0) is 10.2 Å². The number of carbonyl (C=O) groups is 1. The van der Waals surface area contributed by atoms with Crippen molar-refractivity contribution in [2.45, 2.75) is 31.6 Å². The smallest absolute Gasteiger partial charge is 0.235 e. The fourth-order valence-corrected chi connectivity index (χ4v) is 3.19. The van der Waals surface area contributed by atoms with Gasteiger partial charge in [0.1, 0.15) is 5.82 Å². The van der Waals surface area contributed by atoms with E-state index in [-0.39, 0.29) is 11.7 Å². The van der Waals surface area contributed by atoms with Gasteiger partial charge < -0.3 is 5.32 Å². The lowest BCUT2D eigenvalue weighted by molar-refractivity contribution is -0.124. The first-order valence-corrected chi connectivity index (χ1v) is 7.73. The van der Waals surface area contributed by atoms with Gasteiger partial charge in [0, 0.05) is 0 Å². The van der Waals surface area contributed by atoms with Gasteiger partial charge in [-0.2, -0.15) is 0 Å². The summed E-state index contributed by atoms with van der Waals surface area (Å²) in [5.74, 6) is -0.365. The molecule has 1 N–H and O–H groups in total. The van der Waals surface area contributed by atoms with Crippen molar-refractivity contribution in [3.8, 4) is 0 Å². The summed E-state index contributed by atoms with van der Waals surface area (Å²) in [6.45, 7) is 1.95. The van der Waals surface area contributed by atoms with Gasteiger partial charge >= 0.3 is 0 Å². The maximum Gasteiger partial charge on any atom is 0.235 e. The molecule has 0 spiro atoms. The molecule has 1 aliphatic rings. The molecule has 0 unspecified atom stereocenters. The second kappa shape index (κ2) is 5.73. The Kier molecular flexibility index (Phi) is 3.92. The largest absolute Gasteiger partial charge is 0.324 e. The van der Waals surface area contributed by atoms with E-state index < -0.39 is 5.41 Å². The highest BCUT2D eigenvalue weighted by molar-refractivity contribution is 6.33. The Hall–Kier alpha value is -1.87. The molecule has 4 heteroatoms. The molecule has 2 aromatic rings.